The van der Waals surface area contributed by atoms with Crippen molar-refractivity contribution in [1.29, 1.82) is 0 Å². The average Bonchev–Trinajstić information content (AvgIpc) is 3.34. The van der Waals surface area contributed by atoms with Gasteiger partial charge >= 0.3 is 0 Å². The van der Waals surface area contributed by atoms with Crippen molar-refractivity contribution in [3.63, 3.8) is 0 Å². The Balaban J connectivity index is 1.48. The molecule has 0 amide bonds. The predicted octanol–water partition coefficient (Wildman–Crippen LogP) is 4.64. The zero-order valence-electron chi connectivity index (χ0n) is 17.5. The number of aromatic nitrogens is 4. The molecular formula is C24H28N6. The minimum absolute atomic E-state index is 0.753. The van der Waals surface area contributed by atoms with Gasteiger partial charge < -0.3 is 14.0 Å². The van der Waals surface area contributed by atoms with Crippen LogP contribution in [0.25, 0.3) is 22.1 Å². The minimum atomic E-state index is 0.753. The van der Waals surface area contributed by atoms with Crippen molar-refractivity contribution in [3.05, 3.63) is 54.4 Å². The molecule has 1 aliphatic rings. The van der Waals surface area contributed by atoms with Crippen molar-refractivity contribution < 1.29 is 0 Å². The van der Waals surface area contributed by atoms with Crippen LogP contribution >= 0.6 is 0 Å². The molecule has 6 heteroatoms. The van der Waals surface area contributed by atoms with E-state index in [1.807, 2.05) is 24.4 Å². The Kier molecular flexibility index (Phi) is 5.32. The molecule has 0 bridgehead atoms. The van der Waals surface area contributed by atoms with Crippen LogP contribution in [0, 0.1) is 0 Å². The van der Waals surface area contributed by atoms with Crippen molar-refractivity contribution in [1.82, 2.24) is 24.0 Å². The lowest BCUT2D eigenvalue weighted by Gasteiger charge is -2.26. The summed E-state index contributed by atoms with van der Waals surface area (Å²) in [5.41, 5.74) is 4.28. The summed E-state index contributed by atoms with van der Waals surface area (Å²) >= 11 is 0. The number of aryl methyl sites for hydroxylation is 1. The summed E-state index contributed by atoms with van der Waals surface area (Å²) in [5.74, 6) is 1.62. The zero-order valence-corrected chi connectivity index (χ0v) is 17.5. The van der Waals surface area contributed by atoms with Gasteiger partial charge in [0.2, 0.25) is 5.95 Å². The van der Waals surface area contributed by atoms with Crippen molar-refractivity contribution in [2.45, 2.75) is 39.3 Å². The van der Waals surface area contributed by atoms with E-state index in [1.165, 1.54) is 32.4 Å². The van der Waals surface area contributed by atoms with Crippen molar-refractivity contribution in [3.8, 4) is 0 Å². The van der Waals surface area contributed by atoms with Crippen LogP contribution in [0.15, 0.2) is 53.5 Å². The van der Waals surface area contributed by atoms with E-state index >= 15 is 0 Å². The summed E-state index contributed by atoms with van der Waals surface area (Å²) in [6, 6.07) is 16.5. The van der Waals surface area contributed by atoms with E-state index in [-0.39, 0.29) is 0 Å². The smallest absolute Gasteiger partial charge is 0.230 e. The molecule has 4 aromatic rings. The van der Waals surface area contributed by atoms with Gasteiger partial charge in [-0.3, -0.25) is 0 Å². The maximum atomic E-state index is 4.81. The molecule has 0 radical (unpaired) electrons. The molecule has 154 valence electrons. The molecule has 2 aromatic carbocycles. The molecule has 0 saturated carbocycles. The fourth-order valence-corrected chi connectivity index (χ4v) is 4.45. The predicted molar refractivity (Wildman–Crippen MR) is 123 cm³/mol. The summed E-state index contributed by atoms with van der Waals surface area (Å²) in [6.45, 7) is 7.33. The number of benzene rings is 2. The van der Waals surface area contributed by atoms with Crippen molar-refractivity contribution >= 4 is 34.2 Å². The molecule has 0 N–H and O–H groups in total. The monoisotopic (exact) mass is 400 g/mol. The summed E-state index contributed by atoms with van der Waals surface area (Å²) in [5, 5.41) is 0. The lowest BCUT2D eigenvalue weighted by Crippen LogP contribution is -2.32. The number of likely N-dealkylation sites (tertiary alicyclic amines) is 1. The molecule has 1 fully saturated rings. The van der Waals surface area contributed by atoms with Crippen LogP contribution < -0.4 is 0 Å². The average molecular weight is 401 g/mol. The fourth-order valence-electron chi connectivity index (χ4n) is 4.45. The van der Waals surface area contributed by atoms with E-state index in [9.17, 15) is 0 Å². The highest BCUT2D eigenvalue weighted by molar-refractivity contribution is 5.86. The molecule has 0 atom stereocenters. The van der Waals surface area contributed by atoms with Crippen molar-refractivity contribution in [2.24, 2.45) is 4.99 Å². The molecular weight excluding hydrogens is 372 g/mol. The summed E-state index contributed by atoms with van der Waals surface area (Å²) < 4.78 is 4.44. The Hall–Kier alpha value is -2.99. The number of fused-ring (bicyclic) bond motifs is 2. The second-order valence-electron chi connectivity index (χ2n) is 7.92. The maximum Gasteiger partial charge on any atom is 0.230 e. The third-order valence-corrected chi connectivity index (χ3v) is 6.02. The van der Waals surface area contributed by atoms with Crippen LogP contribution in [0.1, 0.15) is 32.0 Å². The Labute approximate surface area is 176 Å². The molecule has 1 saturated heterocycles. The highest BCUT2D eigenvalue weighted by atomic mass is 15.2. The first-order valence-electron chi connectivity index (χ1n) is 11.0. The first kappa shape index (κ1) is 19.0. The number of para-hydroxylation sites is 4. The van der Waals surface area contributed by atoms with E-state index < -0.39 is 0 Å². The highest BCUT2D eigenvalue weighted by Crippen LogP contribution is 2.23. The number of hydrogen-bond acceptors (Lipinski definition) is 4. The molecule has 6 nitrogen and oxygen atoms in total. The van der Waals surface area contributed by atoms with Crippen molar-refractivity contribution in [2.75, 3.05) is 19.6 Å². The van der Waals surface area contributed by atoms with Gasteiger partial charge in [-0.2, -0.15) is 0 Å². The number of nitrogens with zero attached hydrogens (tertiary/aromatic N) is 6. The standard InChI is InChI=1S/C24H28N6/c1-2-29-21-12-6-4-10-19(21)26-23(29)18-25-24-27-20-11-5-7-13-22(20)30(24)17-16-28-14-8-3-9-15-28/h4-7,10-13,18H,2-3,8-9,14-17H2,1H3. The van der Waals surface area contributed by atoms with Crippen LogP contribution in [0.5, 0.6) is 0 Å². The van der Waals surface area contributed by atoms with Crippen LogP contribution in [-0.2, 0) is 13.1 Å². The van der Waals surface area contributed by atoms with Crippen LogP contribution in [0.4, 0.5) is 5.95 Å². The highest BCUT2D eigenvalue weighted by Gasteiger charge is 2.14. The van der Waals surface area contributed by atoms with Gasteiger partial charge in [0, 0.05) is 19.6 Å². The number of hydrogen-bond donors (Lipinski definition) is 0. The topological polar surface area (TPSA) is 51.2 Å². The number of piperidine rings is 1. The Morgan fingerprint density at radius 3 is 2.23 bits per heavy atom. The second-order valence-corrected chi connectivity index (χ2v) is 7.92. The number of aliphatic imine (C=N–C) groups is 1. The molecule has 2 aromatic heterocycles. The summed E-state index contributed by atoms with van der Waals surface area (Å²) in [7, 11) is 0. The lowest BCUT2D eigenvalue weighted by atomic mass is 10.1. The van der Waals surface area contributed by atoms with E-state index in [0.29, 0.717) is 0 Å². The van der Waals surface area contributed by atoms with Gasteiger partial charge in [-0.15, -0.1) is 0 Å². The van der Waals surface area contributed by atoms with Gasteiger partial charge in [-0.1, -0.05) is 30.7 Å². The molecule has 3 heterocycles. The fraction of sp³-hybridized carbons (Fsp3) is 0.375. The SMILES string of the molecule is CCn1c(C=Nc2nc3ccccc3n2CCN2CCCCC2)nc2ccccc21. The van der Waals surface area contributed by atoms with E-state index in [2.05, 4.69) is 51.3 Å². The van der Waals surface area contributed by atoms with Gasteiger partial charge in [0.05, 0.1) is 28.3 Å². The molecule has 1 aliphatic heterocycles. The number of rotatable bonds is 6. The lowest BCUT2D eigenvalue weighted by molar-refractivity contribution is 0.222. The van der Waals surface area contributed by atoms with Gasteiger partial charge in [-0.25, -0.2) is 15.0 Å². The maximum absolute atomic E-state index is 4.81. The molecule has 0 spiro atoms. The largest absolute Gasteiger partial charge is 0.323 e. The first-order chi connectivity index (χ1) is 14.8. The molecule has 30 heavy (non-hydrogen) atoms. The summed E-state index contributed by atoms with van der Waals surface area (Å²) in [4.78, 5) is 16.9. The zero-order chi connectivity index (χ0) is 20.3. The van der Waals surface area contributed by atoms with Gasteiger partial charge in [-0.05, 0) is 57.1 Å². The summed E-state index contributed by atoms with van der Waals surface area (Å²) in [6.07, 6.45) is 5.84. The van der Waals surface area contributed by atoms with E-state index in [1.54, 1.807) is 0 Å². The normalized spacial score (nSPS) is 15.6. The Bertz CT molecular complexity index is 1180. The number of imidazole rings is 2. The Morgan fingerprint density at radius 2 is 1.50 bits per heavy atom. The van der Waals surface area contributed by atoms with E-state index in [0.717, 1.165) is 53.5 Å². The third-order valence-electron chi connectivity index (χ3n) is 6.02. The molecule has 0 unspecified atom stereocenters. The van der Waals surface area contributed by atoms with Gasteiger partial charge in [0.1, 0.15) is 0 Å². The second kappa shape index (κ2) is 8.40. The van der Waals surface area contributed by atoms with Crippen LogP contribution in [-0.4, -0.2) is 49.9 Å². The third kappa shape index (κ3) is 3.63. The Morgan fingerprint density at radius 1 is 0.833 bits per heavy atom. The minimum Gasteiger partial charge on any atom is -0.323 e. The van der Waals surface area contributed by atoms with E-state index in [4.69, 9.17) is 15.0 Å². The molecule has 5 rings (SSSR count). The van der Waals surface area contributed by atoms with Crippen LogP contribution in [0.2, 0.25) is 0 Å². The van der Waals surface area contributed by atoms with Gasteiger partial charge in [0.15, 0.2) is 5.82 Å². The van der Waals surface area contributed by atoms with Crippen LogP contribution in [0.3, 0.4) is 0 Å². The first-order valence-corrected chi connectivity index (χ1v) is 11.0. The van der Waals surface area contributed by atoms with Gasteiger partial charge in [0.25, 0.3) is 0 Å². The quantitative estimate of drug-likeness (QED) is 0.443. The molecule has 0 aliphatic carbocycles.